The molecule has 0 aromatic heterocycles. The first kappa shape index (κ1) is 18.9. The summed E-state index contributed by atoms with van der Waals surface area (Å²) in [6.45, 7) is 2.80. The molecule has 1 N–H and O–H groups in total. The van der Waals surface area contributed by atoms with Gasteiger partial charge in [-0.05, 0) is 77.8 Å². The van der Waals surface area contributed by atoms with E-state index in [1.165, 1.54) is 5.56 Å². The number of rotatable bonds is 4. The number of likely N-dealkylation sites (tertiary alicyclic amines) is 1. The maximum Gasteiger partial charge on any atom is 0.227 e. The van der Waals surface area contributed by atoms with Crippen molar-refractivity contribution in [1.82, 2.24) is 4.90 Å². The maximum atomic E-state index is 12.5. The Kier molecular flexibility index (Phi) is 6.55. The zero-order valence-electron chi connectivity index (χ0n) is 13.6. The minimum atomic E-state index is 0.0566. The summed E-state index contributed by atoms with van der Waals surface area (Å²) in [7, 11) is 0. The number of piperidine rings is 1. The van der Waals surface area contributed by atoms with Gasteiger partial charge in [-0.25, -0.2) is 0 Å². The van der Waals surface area contributed by atoms with Crippen molar-refractivity contribution in [1.29, 1.82) is 0 Å². The maximum absolute atomic E-state index is 12.5. The molecule has 2 aromatic carbocycles. The van der Waals surface area contributed by atoms with Crippen molar-refractivity contribution in [2.24, 2.45) is 5.92 Å². The van der Waals surface area contributed by atoms with Gasteiger partial charge in [-0.1, -0.05) is 39.7 Å². The van der Waals surface area contributed by atoms with E-state index in [4.69, 9.17) is 11.6 Å². The number of halogens is 3. The number of nitrogens with zero attached hydrogens (tertiary/aromatic N) is 1. The highest BCUT2D eigenvalue weighted by Crippen LogP contribution is 2.27. The van der Waals surface area contributed by atoms with Gasteiger partial charge in [0.25, 0.3) is 0 Å². The van der Waals surface area contributed by atoms with Gasteiger partial charge in [0.15, 0.2) is 0 Å². The van der Waals surface area contributed by atoms with E-state index >= 15 is 0 Å². The molecule has 0 radical (unpaired) electrons. The Hall–Kier alpha value is -0.880. The van der Waals surface area contributed by atoms with E-state index in [9.17, 15) is 4.79 Å². The monoisotopic (exact) mass is 484 g/mol. The lowest BCUT2D eigenvalue weighted by atomic mass is 9.95. The molecule has 6 heteroatoms. The molecule has 1 saturated heterocycles. The van der Waals surface area contributed by atoms with Gasteiger partial charge in [0, 0.05) is 27.1 Å². The Morgan fingerprint density at radius 3 is 2.60 bits per heavy atom. The lowest BCUT2D eigenvalue weighted by molar-refractivity contribution is -0.121. The zero-order chi connectivity index (χ0) is 17.8. The predicted octanol–water partition coefficient (Wildman–Crippen LogP) is 5.72. The van der Waals surface area contributed by atoms with E-state index in [1.54, 1.807) is 6.07 Å². The number of hydrogen-bond acceptors (Lipinski definition) is 2. The normalized spacial score (nSPS) is 16.0. The summed E-state index contributed by atoms with van der Waals surface area (Å²) in [6, 6.07) is 13.9. The van der Waals surface area contributed by atoms with Crippen molar-refractivity contribution < 1.29 is 4.79 Å². The van der Waals surface area contributed by atoms with E-state index in [2.05, 4.69) is 60.3 Å². The molecule has 2 aromatic rings. The average Bonchev–Trinajstić information content (AvgIpc) is 2.59. The summed E-state index contributed by atoms with van der Waals surface area (Å²) < 4.78 is 1.93. The number of nitrogens with one attached hydrogen (secondary N) is 1. The van der Waals surface area contributed by atoms with Crippen molar-refractivity contribution in [2.45, 2.75) is 19.4 Å². The van der Waals surface area contributed by atoms with Crippen LogP contribution < -0.4 is 5.32 Å². The molecule has 0 aliphatic carbocycles. The molecule has 1 fully saturated rings. The Morgan fingerprint density at radius 2 is 1.92 bits per heavy atom. The van der Waals surface area contributed by atoms with Crippen LogP contribution in [0.25, 0.3) is 0 Å². The third-order valence-electron chi connectivity index (χ3n) is 4.44. The molecule has 3 rings (SSSR count). The van der Waals surface area contributed by atoms with Crippen molar-refractivity contribution >= 4 is 55.1 Å². The molecule has 0 bridgehead atoms. The van der Waals surface area contributed by atoms with Crippen LogP contribution in [0.15, 0.2) is 51.4 Å². The topological polar surface area (TPSA) is 32.3 Å². The third-order valence-corrected chi connectivity index (χ3v) is 6.17. The van der Waals surface area contributed by atoms with Crippen molar-refractivity contribution in [3.05, 3.63) is 62.0 Å². The van der Waals surface area contributed by atoms with Crippen LogP contribution >= 0.6 is 43.5 Å². The van der Waals surface area contributed by atoms with E-state index < -0.39 is 0 Å². The molecule has 3 nitrogen and oxygen atoms in total. The van der Waals surface area contributed by atoms with Gasteiger partial charge < -0.3 is 5.32 Å². The summed E-state index contributed by atoms with van der Waals surface area (Å²) in [4.78, 5) is 14.9. The fourth-order valence-corrected chi connectivity index (χ4v) is 3.94. The summed E-state index contributed by atoms with van der Waals surface area (Å²) in [6.07, 6.45) is 1.76. The Balaban J connectivity index is 1.51. The van der Waals surface area contributed by atoms with Crippen LogP contribution in [0.3, 0.4) is 0 Å². The van der Waals surface area contributed by atoms with Crippen LogP contribution in [-0.4, -0.2) is 23.9 Å². The van der Waals surface area contributed by atoms with E-state index in [0.717, 1.165) is 47.1 Å². The molecular weight excluding hydrogens is 467 g/mol. The molecule has 1 heterocycles. The number of hydrogen-bond donors (Lipinski definition) is 1. The largest absolute Gasteiger partial charge is 0.326 e. The molecule has 1 amide bonds. The van der Waals surface area contributed by atoms with Gasteiger partial charge >= 0.3 is 0 Å². The smallest absolute Gasteiger partial charge is 0.227 e. The lowest BCUT2D eigenvalue weighted by Crippen LogP contribution is -2.37. The summed E-state index contributed by atoms with van der Waals surface area (Å²) >= 11 is 13.0. The Bertz CT molecular complexity index is 761. The molecule has 1 aliphatic rings. The minimum Gasteiger partial charge on any atom is -0.326 e. The van der Waals surface area contributed by atoms with Crippen molar-refractivity contribution in [3.8, 4) is 0 Å². The Morgan fingerprint density at radius 1 is 1.16 bits per heavy atom. The van der Waals surface area contributed by atoms with E-state index in [0.29, 0.717) is 5.02 Å². The summed E-state index contributed by atoms with van der Waals surface area (Å²) in [5.41, 5.74) is 2.04. The van der Waals surface area contributed by atoms with Crippen LogP contribution in [0.5, 0.6) is 0 Å². The number of carbonyl (C=O) groups is 1. The lowest BCUT2D eigenvalue weighted by Gasteiger charge is -2.31. The molecule has 132 valence electrons. The average molecular weight is 487 g/mol. The van der Waals surface area contributed by atoms with Gasteiger partial charge in [0.2, 0.25) is 5.91 Å². The molecule has 0 unspecified atom stereocenters. The van der Waals surface area contributed by atoms with Gasteiger partial charge in [0.05, 0.1) is 5.02 Å². The van der Waals surface area contributed by atoms with Crippen molar-refractivity contribution in [2.75, 3.05) is 18.4 Å². The Labute approximate surface area is 170 Å². The van der Waals surface area contributed by atoms with E-state index in [-0.39, 0.29) is 11.8 Å². The number of amides is 1. The van der Waals surface area contributed by atoms with Crippen molar-refractivity contribution in [3.63, 3.8) is 0 Å². The van der Waals surface area contributed by atoms with Gasteiger partial charge in [-0.3, -0.25) is 9.69 Å². The highest BCUT2D eigenvalue weighted by atomic mass is 79.9. The fraction of sp³-hybridized carbons (Fsp3) is 0.316. The minimum absolute atomic E-state index is 0.0566. The number of benzene rings is 2. The summed E-state index contributed by atoms with van der Waals surface area (Å²) in [5.74, 6) is 0.140. The number of anilines is 1. The van der Waals surface area contributed by atoms with Gasteiger partial charge in [-0.15, -0.1) is 0 Å². The molecule has 1 aliphatic heterocycles. The predicted molar refractivity (Wildman–Crippen MR) is 110 cm³/mol. The van der Waals surface area contributed by atoms with Crippen LogP contribution in [0.1, 0.15) is 18.4 Å². The van der Waals surface area contributed by atoms with Crippen LogP contribution in [0, 0.1) is 5.92 Å². The highest BCUT2D eigenvalue weighted by Gasteiger charge is 2.25. The molecule has 0 saturated carbocycles. The molecule has 0 atom stereocenters. The molecular formula is C19H19Br2ClN2O. The quantitative estimate of drug-likeness (QED) is 0.600. The summed E-state index contributed by atoms with van der Waals surface area (Å²) in [5, 5.41) is 3.58. The second kappa shape index (κ2) is 8.67. The second-order valence-corrected chi connectivity index (χ2v) is 8.48. The first-order chi connectivity index (χ1) is 12.0. The highest BCUT2D eigenvalue weighted by molar-refractivity contribution is 9.10. The second-order valence-electron chi connectivity index (χ2n) is 6.30. The van der Waals surface area contributed by atoms with Crippen LogP contribution in [0.2, 0.25) is 5.02 Å². The number of carbonyl (C=O) groups excluding carboxylic acids is 1. The van der Waals surface area contributed by atoms with Gasteiger partial charge in [-0.2, -0.15) is 0 Å². The zero-order valence-corrected chi connectivity index (χ0v) is 17.6. The first-order valence-electron chi connectivity index (χ1n) is 8.24. The van der Waals surface area contributed by atoms with Gasteiger partial charge in [0.1, 0.15) is 0 Å². The SMILES string of the molecule is O=C(Nc1ccc(Br)c(Cl)c1)C1CCN(Cc2cccc(Br)c2)CC1. The molecule has 0 spiro atoms. The third kappa shape index (κ3) is 5.30. The fourth-order valence-electron chi connectivity index (χ4n) is 3.06. The van der Waals surface area contributed by atoms with E-state index in [1.807, 2.05) is 18.2 Å². The van der Waals surface area contributed by atoms with Crippen LogP contribution in [0.4, 0.5) is 5.69 Å². The van der Waals surface area contributed by atoms with Crippen LogP contribution in [-0.2, 0) is 11.3 Å². The standard InChI is InChI=1S/C19H19Br2ClN2O/c20-15-3-1-2-13(10-15)12-24-8-6-14(7-9-24)19(25)23-16-4-5-17(21)18(22)11-16/h1-5,10-11,14H,6-9,12H2,(H,23,25). The molecule has 25 heavy (non-hydrogen) atoms. The first-order valence-corrected chi connectivity index (χ1v) is 10.2.